The third kappa shape index (κ3) is 3.67. The maximum atomic E-state index is 10.3. The molecule has 1 aliphatic heterocycles. The van der Waals surface area contributed by atoms with Gasteiger partial charge in [0, 0.05) is 10.9 Å². The first-order valence-electron chi connectivity index (χ1n) is 10.8. The number of aliphatic hydroxyl groups is 2. The molecule has 1 saturated heterocycles. The van der Waals surface area contributed by atoms with Gasteiger partial charge in [-0.2, -0.15) is 0 Å². The number of hydrogen-bond acceptors (Lipinski definition) is 4. The molecule has 0 bridgehead atoms. The number of benzene rings is 2. The van der Waals surface area contributed by atoms with Crippen molar-refractivity contribution in [2.75, 3.05) is 6.61 Å². The predicted molar refractivity (Wildman–Crippen MR) is 117 cm³/mol. The molecule has 1 aromatic heterocycles. The molecule has 2 aromatic carbocycles. The van der Waals surface area contributed by atoms with Crippen molar-refractivity contribution < 1.29 is 19.4 Å². The minimum atomic E-state index is -0.671. The Hall–Kier alpha value is -1.85. The Morgan fingerprint density at radius 1 is 1.13 bits per heavy atom. The molecule has 2 fully saturated rings. The van der Waals surface area contributed by atoms with Crippen LogP contribution >= 0.6 is 11.6 Å². The summed E-state index contributed by atoms with van der Waals surface area (Å²) in [5, 5.41) is 21.5. The molecule has 2 heterocycles. The summed E-state index contributed by atoms with van der Waals surface area (Å²) in [5.41, 5.74) is 5.33. The van der Waals surface area contributed by atoms with Gasteiger partial charge in [0.2, 0.25) is 0 Å². The number of furan rings is 1. The molecule has 3 aromatic rings. The average molecular weight is 427 g/mol. The van der Waals surface area contributed by atoms with E-state index in [0.717, 1.165) is 34.4 Å². The summed E-state index contributed by atoms with van der Waals surface area (Å²) in [5.74, 6) is 0.761. The van der Waals surface area contributed by atoms with Crippen LogP contribution in [-0.2, 0) is 11.2 Å². The summed E-state index contributed by atoms with van der Waals surface area (Å²) in [7, 11) is 0. The monoisotopic (exact) mass is 426 g/mol. The number of ether oxygens (including phenoxy) is 1. The summed E-state index contributed by atoms with van der Waals surface area (Å²) in [4.78, 5) is 0. The summed E-state index contributed by atoms with van der Waals surface area (Å²) in [6.45, 7) is 1.78. The number of fused-ring (bicyclic) bond motifs is 1. The maximum absolute atomic E-state index is 10.3. The second-order valence-electron chi connectivity index (χ2n) is 8.84. The zero-order valence-corrected chi connectivity index (χ0v) is 17.8. The molecule has 5 heteroatoms. The van der Waals surface area contributed by atoms with Crippen LogP contribution in [0.25, 0.3) is 11.0 Å². The van der Waals surface area contributed by atoms with Crippen molar-refractivity contribution >= 4 is 22.6 Å². The van der Waals surface area contributed by atoms with Crippen molar-refractivity contribution in [3.05, 3.63) is 69.9 Å². The van der Waals surface area contributed by atoms with E-state index in [9.17, 15) is 10.2 Å². The van der Waals surface area contributed by atoms with Gasteiger partial charge in [0.1, 0.15) is 11.7 Å². The molecular formula is C25H27ClO4. The quantitative estimate of drug-likeness (QED) is 0.575. The van der Waals surface area contributed by atoms with Gasteiger partial charge < -0.3 is 19.4 Å². The van der Waals surface area contributed by atoms with E-state index in [1.165, 1.54) is 24.0 Å². The molecule has 1 aliphatic carbocycles. The molecule has 0 radical (unpaired) electrons. The van der Waals surface area contributed by atoms with Crippen molar-refractivity contribution in [2.24, 2.45) is 5.92 Å². The fourth-order valence-corrected chi connectivity index (χ4v) is 4.92. The Morgan fingerprint density at radius 2 is 1.90 bits per heavy atom. The Balaban J connectivity index is 1.49. The molecule has 30 heavy (non-hydrogen) atoms. The van der Waals surface area contributed by atoms with Crippen molar-refractivity contribution in [1.29, 1.82) is 0 Å². The first-order valence-corrected chi connectivity index (χ1v) is 11.1. The van der Waals surface area contributed by atoms with Gasteiger partial charge in [0.05, 0.1) is 30.1 Å². The van der Waals surface area contributed by atoms with E-state index >= 15 is 0 Å². The Morgan fingerprint density at radius 3 is 2.60 bits per heavy atom. The molecule has 5 rings (SSSR count). The van der Waals surface area contributed by atoms with Crippen molar-refractivity contribution in [3.63, 3.8) is 0 Å². The molecule has 4 atom stereocenters. The normalized spacial score (nSPS) is 26.9. The zero-order valence-electron chi connectivity index (χ0n) is 17.1. The minimum Gasteiger partial charge on any atom is -0.464 e. The largest absolute Gasteiger partial charge is 0.464 e. The second-order valence-corrected chi connectivity index (χ2v) is 9.22. The van der Waals surface area contributed by atoms with Crippen LogP contribution in [0.5, 0.6) is 0 Å². The van der Waals surface area contributed by atoms with Crippen molar-refractivity contribution in [3.8, 4) is 0 Å². The topological polar surface area (TPSA) is 62.8 Å². The lowest BCUT2D eigenvalue weighted by Gasteiger charge is -2.37. The van der Waals surface area contributed by atoms with Crippen LogP contribution in [0.2, 0.25) is 5.02 Å². The second kappa shape index (κ2) is 8.01. The summed E-state index contributed by atoms with van der Waals surface area (Å²) in [6.07, 6.45) is 4.11. The van der Waals surface area contributed by atoms with E-state index in [2.05, 4.69) is 30.3 Å². The van der Waals surface area contributed by atoms with Gasteiger partial charge in [0.25, 0.3) is 0 Å². The van der Waals surface area contributed by atoms with Crippen molar-refractivity contribution in [2.45, 2.75) is 56.8 Å². The summed E-state index contributed by atoms with van der Waals surface area (Å²) < 4.78 is 11.9. The van der Waals surface area contributed by atoms with E-state index in [0.29, 0.717) is 11.4 Å². The van der Waals surface area contributed by atoms with E-state index in [-0.39, 0.29) is 18.6 Å². The Kier molecular flexibility index (Phi) is 5.36. The van der Waals surface area contributed by atoms with E-state index in [4.69, 9.17) is 20.8 Å². The third-order valence-electron chi connectivity index (χ3n) is 6.61. The van der Waals surface area contributed by atoms with Crippen LogP contribution in [0.3, 0.4) is 0 Å². The highest BCUT2D eigenvalue weighted by atomic mass is 35.5. The minimum absolute atomic E-state index is 0.0139. The first-order chi connectivity index (χ1) is 14.5. The number of aliphatic hydroxyl groups excluding tert-OH is 2. The lowest BCUT2D eigenvalue weighted by molar-refractivity contribution is -0.157. The first kappa shape index (κ1) is 20.1. The van der Waals surface area contributed by atoms with E-state index in [1.807, 2.05) is 13.0 Å². The fraction of sp³-hybridized carbons (Fsp3) is 0.440. The smallest absolute Gasteiger partial charge is 0.141 e. The van der Waals surface area contributed by atoms with Crippen molar-refractivity contribution in [1.82, 2.24) is 0 Å². The standard InChI is InChI=1S/C25H27ClO4/c1-14-10-21(30-22(13-27)24(14)28)20-12-18(23(26)19-8-9-29-25(19)20)11-15-2-4-16(5-3-15)17-6-7-17/h2-5,8-9,12,14,17,21-22,24,27-28H,6-7,10-11,13H2,1H3/t14?,21?,22?,24-/m0/s1. The highest BCUT2D eigenvalue weighted by Gasteiger charge is 2.37. The zero-order chi connectivity index (χ0) is 20.8. The van der Waals surface area contributed by atoms with Gasteiger partial charge in [-0.1, -0.05) is 42.8 Å². The number of hydrogen-bond donors (Lipinski definition) is 2. The van der Waals surface area contributed by atoms with Gasteiger partial charge in [-0.25, -0.2) is 0 Å². The lowest BCUT2D eigenvalue weighted by Crippen LogP contribution is -2.43. The predicted octanol–water partition coefficient (Wildman–Crippen LogP) is 5.37. The molecule has 1 saturated carbocycles. The van der Waals surface area contributed by atoms with Gasteiger partial charge in [-0.3, -0.25) is 0 Å². The highest BCUT2D eigenvalue weighted by Crippen LogP contribution is 2.42. The fourth-order valence-electron chi connectivity index (χ4n) is 4.65. The number of halogens is 1. The van der Waals surface area contributed by atoms with Crippen LogP contribution in [0.1, 0.15) is 60.5 Å². The molecule has 0 amide bonds. The highest BCUT2D eigenvalue weighted by molar-refractivity contribution is 6.36. The lowest BCUT2D eigenvalue weighted by atomic mass is 9.86. The Bertz CT molecular complexity index is 1040. The SMILES string of the molecule is CC1CC(c2cc(Cc3ccc(C4CC4)cc3)c(Cl)c3ccoc23)OC(CO)[C@H]1O. The van der Waals surface area contributed by atoms with Gasteiger partial charge in [0.15, 0.2) is 0 Å². The number of rotatable bonds is 5. The molecule has 158 valence electrons. The third-order valence-corrected chi connectivity index (χ3v) is 7.06. The average Bonchev–Trinajstić information content (AvgIpc) is 3.48. The molecular weight excluding hydrogens is 400 g/mol. The Labute approximate surface area is 181 Å². The van der Waals surface area contributed by atoms with Crippen LogP contribution in [0.4, 0.5) is 0 Å². The maximum Gasteiger partial charge on any atom is 0.141 e. The van der Waals surface area contributed by atoms with Crippen LogP contribution in [0, 0.1) is 5.92 Å². The summed E-state index contributed by atoms with van der Waals surface area (Å²) >= 11 is 6.76. The molecule has 4 nitrogen and oxygen atoms in total. The van der Waals surface area contributed by atoms with Crippen LogP contribution in [0.15, 0.2) is 47.1 Å². The van der Waals surface area contributed by atoms with Crippen LogP contribution < -0.4 is 0 Å². The van der Waals surface area contributed by atoms with E-state index in [1.54, 1.807) is 6.26 Å². The molecule has 3 unspecified atom stereocenters. The van der Waals surface area contributed by atoms with Crippen LogP contribution in [-0.4, -0.2) is 29.0 Å². The summed E-state index contributed by atoms with van der Waals surface area (Å²) in [6, 6.07) is 12.8. The van der Waals surface area contributed by atoms with Gasteiger partial charge >= 0.3 is 0 Å². The van der Waals surface area contributed by atoms with Gasteiger partial charge in [-0.15, -0.1) is 0 Å². The molecule has 2 aliphatic rings. The van der Waals surface area contributed by atoms with Gasteiger partial charge in [-0.05, 0) is 66.3 Å². The molecule has 0 spiro atoms. The molecule has 2 N–H and O–H groups in total. The van der Waals surface area contributed by atoms with E-state index < -0.39 is 12.2 Å².